The molecular weight excluding hydrogens is 285 g/mol. The smallest absolute Gasteiger partial charge is 0.109 e. The van der Waals surface area contributed by atoms with Crippen LogP contribution >= 0.6 is 15.9 Å². The average molecular weight is 304 g/mol. The summed E-state index contributed by atoms with van der Waals surface area (Å²) in [6, 6.07) is 0. The van der Waals surface area contributed by atoms with Crippen molar-refractivity contribution in [3.8, 4) is 0 Å². The first-order valence-corrected chi connectivity index (χ1v) is 6.91. The van der Waals surface area contributed by atoms with Crippen LogP contribution in [0, 0.1) is 12.8 Å². The van der Waals surface area contributed by atoms with Gasteiger partial charge in [0.2, 0.25) is 0 Å². The van der Waals surface area contributed by atoms with Gasteiger partial charge in [-0.1, -0.05) is 0 Å². The maximum atomic E-state index is 14.3. The summed E-state index contributed by atoms with van der Waals surface area (Å²) in [5, 5.41) is 7.57. The summed E-state index contributed by atoms with van der Waals surface area (Å²) in [4.78, 5) is 0. The van der Waals surface area contributed by atoms with Gasteiger partial charge in [-0.15, -0.1) is 0 Å². The Labute approximate surface area is 110 Å². The van der Waals surface area contributed by atoms with Crippen LogP contribution in [0.2, 0.25) is 0 Å². The van der Waals surface area contributed by atoms with Crippen molar-refractivity contribution in [3.05, 3.63) is 15.9 Å². The van der Waals surface area contributed by atoms with E-state index in [1.54, 1.807) is 4.68 Å². The second-order valence-corrected chi connectivity index (χ2v) is 5.57. The van der Waals surface area contributed by atoms with Crippen molar-refractivity contribution in [2.75, 3.05) is 13.1 Å². The number of aryl methyl sites for hydroxylation is 2. The van der Waals surface area contributed by atoms with E-state index in [0.29, 0.717) is 6.42 Å². The van der Waals surface area contributed by atoms with Crippen LogP contribution in [0.1, 0.15) is 24.2 Å². The van der Waals surface area contributed by atoms with Gasteiger partial charge in [0.1, 0.15) is 6.17 Å². The monoisotopic (exact) mass is 303 g/mol. The molecule has 1 aromatic rings. The third-order valence-electron chi connectivity index (χ3n) is 3.55. The van der Waals surface area contributed by atoms with Crippen LogP contribution in [0.15, 0.2) is 4.47 Å². The Bertz CT molecular complexity index is 385. The van der Waals surface area contributed by atoms with Crippen LogP contribution in [0.4, 0.5) is 4.39 Å². The molecule has 1 unspecified atom stereocenters. The summed E-state index contributed by atoms with van der Waals surface area (Å²) in [5.41, 5.74) is 1.90. The fraction of sp³-hybridized carbons (Fsp3) is 0.750. The minimum atomic E-state index is -0.761. The molecule has 0 amide bonds. The molecule has 0 saturated carbocycles. The van der Waals surface area contributed by atoms with E-state index in [2.05, 4.69) is 26.3 Å². The first-order valence-electron chi connectivity index (χ1n) is 6.12. The van der Waals surface area contributed by atoms with Gasteiger partial charge in [0.25, 0.3) is 0 Å². The lowest BCUT2D eigenvalue weighted by atomic mass is 9.91. The Kier molecular flexibility index (Phi) is 4.20. The molecule has 2 rings (SSSR count). The lowest BCUT2D eigenvalue weighted by molar-refractivity contribution is 0.184. The lowest BCUT2D eigenvalue weighted by Gasteiger charge is -2.25. The maximum absolute atomic E-state index is 14.3. The molecule has 0 aromatic carbocycles. The number of nitrogens with one attached hydrogen (secondary N) is 1. The normalized spacial score (nSPS) is 19.5. The van der Waals surface area contributed by atoms with Crippen LogP contribution in [0.3, 0.4) is 0 Å². The van der Waals surface area contributed by atoms with Crippen LogP contribution in [0.5, 0.6) is 0 Å². The molecule has 1 saturated heterocycles. The second kappa shape index (κ2) is 5.48. The number of nitrogens with zero attached hydrogens (tertiary/aromatic N) is 2. The van der Waals surface area contributed by atoms with Gasteiger partial charge in [-0.2, -0.15) is 5.10 Å². The predicted octanol–water partition coefficient (Wildman–Crippen LogP) is 2.37. The van der Waals surface area contributed by atoms with E-state index in [0.717, 1.165) is 41.8 Å². The highest BCUT2D eigenvalue weighted by molar-refractivity contribution is 9.10. The SMILES string of the molecule is Cc1nn(C)c(CC(F)C2CCNCC2)c1Br. The molecule has 3 nitrogen and oxygen atoms in total. The molecule has 1 atom stereocenters. The van der Waals surface area contributed by atoms with Crippen molar-refractivity contribution in [1.82, 2.24) is 15.1 Å². The Morgan fingerprint density at radius 3 is 2.71 bits per heavy atom. The minimum absolute atomic E-state index is 0.193. The van der Waals surface area contributed by atoms with E-state index in [1.165, 1.54) is 0 Å². The molecule has 5 heteroatoms. The van der Waals surface area contributed by atoms with Gasteiger partial charge >= 0.3 is 0 Å². The van der Waals surface area contributed by atoms with Gasteiger partial charge in [0.05, 0.1) is 15.9 Å². The molecular formula is C12H19BrFN3. The van der Waals surface area contributed by atoms with E-state index in [9.17, 15) is 4.39 Å². The molecule has 1 fully saturated rings. The standard InChI is InChI=1S/C12H19BrFN3/c1-8-12(13)11(17(2)16-8)7-10(14)9-3-5-15-6-4-9/h9-10,15H,3-7H2,1-2H3. The van der Waals surface area contributed by atoms with Crippen LogP contribution in [-0.2, 0) is 13.5 Å². The second-order valence-electron chi connectivity index (χ2n) is 4.78. The molecule has 96 valence electrons. The summed E-state index contributed by atoms with van der Waals surface area (Å²) in [6.45, 7) is 3.82. The number of hydrogen-bond donors (Lipinski definition) is 1. The summed E-state index contributed by atoms with van der Waals surface area (Å²) in [5.74, 6) is 0.193. The summed E-state index contributed by atoms with van der Waals surface area (Å²) in [6.07, 6.45) is 1.58. The highest BCUT2D eigenvalue weighted by atomic mass is 79.9. The molecule has 0 bridgehead atoms. The van der Waals surface area contributed by atoms with Crippen LogP contribution in [-0.4, -0.2) is 29.0 Å². The van der Waals surface area contributed by atoms with E-state index in [-0.39, 0.29) is 5.92 Å². The molecule has 0 aliphatic carbocycles. The summed E-state index contributed by atoms with van der Waals surface area (Å²) < 4.78 is 17.0. The average Bonchev–Trinajstić information content (AvgIpc) is 2.57. The Balaban J connectivity index is 2.04. The van der Waals surface area contributed by atoms with Gasteiger partial charge in [-0.25, -0.2) is 4.39 Å². The van der Waals surface area contributed by atoms with E-state index >= 15 is 0 Å². The maximum Gasteiger partial charge on any atom is 0.109 e. The minimum Gasteiger partial charge on any atom is -0.317 e. The van der Waals surface area contributed by atoms with Crippen LogP contribution in [0.25, 0.3) is 0 Å². The molecule has 1 aliphatic rings. The Morgan fingerprint density at radius 2 is 2.18 bits per heavy atom. The number of aromatic nitrogens is 2. The summed E-state index contributed by atoms with van der Waals surface area (Å²) in [7, 11) is 1.88. The van der Waals surface area contributed by atoms with Gasteiger partial charge in [-0.05, 0) is 54.7 Å². The highest BCUT2D eigenvalue weighted by Crippen LogP contribution is 2.27. The largest absolute Gasteiger partial charge is 0.317 e. The zero-order chi connectivity index (χ0) is 12.4. The number of hydrogen-bond acceptors (Lipinski definition) is 2. The highest BCUT2D eigenvalue weighted by Gasteiger charge is 2.25. The predicted molar refractivity (Wildman–Crippen MR) is 69.8 cm³/mol. The lowest BCUT2D eigenvalue weighted by Crippen LogP contribution is -2.33. The van der Waals surface area contributed by atoms with Gasteiger partial charge in [0.15, 0.2) is 0 Å². The molecule has 1 N–H and O–H groups in total. The quantitative estimate of drug-likeness (QED) is 0.929. The Hall–Kier alpha value is -0.420. The molecule has 1 aromatic heterocycles. The van der Waals surface area contributed by atoms with Crippen molar-refractivity contribution in [1.29, 1.82) is 0 Å². The third kappa shape index (κ3) is 2.88. The van der Waals surface area contributed by atoms with Crippen molar-refractivity contribution in [3.63, 3.8) is 0 Å². The Morgan fingerprint density at radius 1 is 1.53 bits per heavy atom. The third-order valence-corrected chi connectivity index (χ3v) is 4.58. The van der Waals surface area contributed by atoms with Gasteiger partial charge in [-0.3, -0.25) is 4.68 Å². The molecule has 1 aliphatic heterocycles. The van der Waals surface area contributed by atoms with Crippen LogP contribution < -0.4 is 5.32 Å². The topological polar surface area (TPSA) is 29.9 Å². The molecule has 0 radical (unpaired) electrons. The number of rotatable bonds is 3. The zero-order valence-electron chi connectivity index (χ0n) is 10.3. The van der Waals surface area contributed by atoms with E-state index in [4.69, 9.17) is 0 Å². The first-order chi connectivity index (χ1) is 8.09. The van der Waals surface area contributed by atoms with Crippen molar-refractivity contribution in [2.45, 2.75) is 32.4 Å². The number of piperidine rings is 1. The van der Waals surface area contributed by atoms with Gasteiger partial charge in [0, 0.05) is 13.5 Å². The van der Waals surface area contributed by atoms with E-state index in [1.807, 2.05) is 14.0 Å². The zero-order valence-corrected chi connectivity index (χ0v) is 11.9. The molecule has 0 spiro atoms. The number of halogens is 2. The molecule has 17 heavy (non-hydrogen) atoms. The fourth-order valence-electron chi connectivity index (χ4n) is 2.46. The van der Waals surface area contributed by atoms with Crippen molar-refractivity contribution < 1.29 is 4.39 Å². The number of alkyl halides is 1. The fourth-order valence-corrected chi connectivity index (χ4v) is 2.96. The van der Waals surface area contributed by atoms with E-state index < -0.39 is 6.17 Å². The van der Waals surface area contributed by atoms with Crippen molar-refractivity contribution >= 4 is 15.9 Å². The summed E-state index contributed by atoms with van der Waals surface area (Å²) >= 11 is 3.49. The van der Waals surface area contributed by atoms with Gasteiger partial charge < -0.3 is 5.32 Å². The first kappa shape index (κ1) is 13.0. The van der Waals surface area contributed by atoms with Crippen molar-refractivity contribution in [2.24, 2.45) is 13.0 Å². The molecule has 2 heterocycles.